The molecule has 1 atom stereocenters. The van der Waals surface area contributed by atoms with Gasteiger partial charge in [-0.05, 0) is 38.7 Å². The summed E-state index contributed by atoms with van der Waals surface area (Å²) < 4.78 is 11.7. The van der Waals surface area contributed by atoms with E-state index < -0.39 is 0 Å². The molecule has 1 unspecified atom stereocenters. The van der Waals surface area contributed by atoms with Gasteiger partial charge in [-0.25, -0.2) is 4.99 Å². The summed E-state index contributed by atoms with van der Waals surface area (Å²) in [6.45, 7) is 9.63. The van der Waals surface area contributed by atoms with Crippen LogP contribution in [0, 0.1) is 0 Å². The van der Waals surface area contributed by atoms with Gasteiger partial charge in [0.15, 0.2) is 5.96 Å². The van der Waals surface area contributed by atoms with Crippen LogP contribution in [0.25, 0.3) is 0 Å². The summed E-state index contributed by atoms with van der Waals surface area (Å²) >= 11 is 0. The Hall–Kier alpha value is -1.79. The topological polar surface area (TPSA) is 49.3 Å². The average Bonchev–Trinajstić information content (AvgIpc) is 3.19. The van der Waals surface area contributed by atoms with Crippen molar-refractivity contribution < 1.29 is 9.47 Å². The van der Waals surface area contributed by atoms with Gasteiger partial charge in [0.1, 0.15) is 5.75 Å². The number of para-hydroxylation sites is 1. The van der Waals surface area contributed by atoms with Crippen LogP contribution in [0.2, 0.25) is 0 Å². The predicted molar refractivity (Wildman–Crippen MR) is 112 cm³/mol. The minimum absolute atomic E-state index is 0.395. The van der Waals surface area contributed by atoms with E-state index in [1.165, 1.54) is 31.2 Å². The van der Waals surface area contributed by atoms with E-state index in [1.807, 2.05) is 0 Å². The van der Waals surface area contributed by atoms with Crippen molar-refractivity contribution in [1.82, 2.24) is 15.1 Å². The largest absolute Gasteiger partial charge is 0.490 e. The van der Waals surface area contributed by atoms with Gasteiger partial charge in [-0.2, -0.15) is 0 Å². The number of guanidine groups is 1. The Morgan fingerprint density at radius 1 is 1.18 bits per heavy atom. The van der Waals surface area contributed by atoms with Crippen LogP contribution in [-0.4, -0.2) is 73.8 Å². The molecule has 3 aliphatic rings. The first-order chi connectivity index (χ1) is 13.8. The maximum absolute atomic E-state index is 6.17. The number of hydrogen-bond donors (Lipinski definition) is 1. The number of rotatable bonds is 6. The fraction of sp³-hybridized carbons (Fsp3) is 0.682. The molecule has 4 rings (SSSR count). The molecule has 0 spiro atoms. The molecule has 0 bridgehead atoms. The Morgan fingerprint density at radius 3 is 2.75 bits per heavy atom. The van der Waals surface area contributed by atoms with Crippen LogP contribution in [0.5, 0.6) is 5.75 Å². The summed E-state index contributed by atoms with van der Waals surface area (Å²) in [5.74, 6) is 2.02. The zero-order valence-electron chi connectivity index (χ0n) is 17.1. The number of nitrogens with zero attached hydrogens (tertiary/aromatic N) is 3. The first-order valence-corrected chi connectivity index (χ1v) is 10.9. The van der Waals surface area contributed by atoms with Gasteiger partial charge in [0.05, 0.1) is 25.9 Å². The summed E-state index contributed by atoms with van der Waals surface area (Å²) in [5, 5.41) is 3.49. The second kappa shape index (κ2) is 9.61. The lowest BCUT2D eigenvalue weighted by molar-refractivity contribution is 0.0195. The molecule has 0 aromatic heterocycles. The Kier molecular flexibility index (Phi) is 6.70. The Bertz CT molecular complexity index is 656. The van der Waals surface area contributed by atoms with Crippen molar-refractivity contribution in [3.05, 3.63) is 29.8 Å². The standard InChI is InChI=1S/C22H34N4O2/c1-2-23-22(26-11-10-19(17-26)25-12-14-27-15-13-25)24-16-18-6-3-4-9-21(18)28-20-7-5-8-20/h3-4,6,9,19-20H,2,5,7-8,10-17H2,1H3,(H,23,24). The summed E-state index contributed by atoms with van der Waals surface area (Å²) in [5.41, 5.74) is 1.17. The van der Waals surface area contributed by atoms with E-state index in [0.29, 0.717) is 18.7 Å². The van der Waals surface area contributed by atoms with Crippen LogP contribution in [0.15, 0.2) is 29.3 Å². The van der Waals surface area contributed by atoms with Crippen LogP contribution in [0.1, 0.15) is 38.2 Å². The molecule has 2 aliphatic heterocycles. The summed E-state index contributed by atoms with van der Waals surface area (Å²) in [6, 6.07) is 8.97. The minimum Gasteiger partial charge on any atom is -0.490 e. The SMILES string of the molecule is CCNC(=NCc1ccccc1OC1CCC1)N1CCC(N2CCOCC2)C1. The smallest absolute Gasteiger partial charge is 0.194 e. The third-order valence-corrected chi connectivity index (χ3v) is 6.08. The van der Waals surface area contributed by atoms with Gasteiger partial charge in [0.2, 0.25) is 0 Å². The second-order valence-electron chi connectivity index (χ2n) is 7.99. The first-order valence-electron chi connectivity index (χ1n) is 10.9. The van der Waals surface area contributed by atoms with Gasteiger partial charge < -0.3 is 19.7 Å². The highest BCUT2D eigenvalue weighted by Gasteiger charge is 2.30. The molecule has 1 N–H and O–H groups in total. The van der Waals surface area contributed by atoms with E-state index in [9.17, 15) is 0 Å². The first kappa shape index (κ1) is 19.5. The van der Waals surface area contributed by atoms with Crippen molar-refractivity contribution >= 4 is 5.96 Å². The quantitative estimate of drug-likeness (QED) is 0.601. The van der Waals surface area contributed by atoms with E-state index in [4.69, 9.17) is 14.5 Å². The number of morpholine rings is 1. The van der Waals surface area contributed by atoms with Crippen molar-refractivity contribution in [1.29, 1.82) is 0 Å². The molecule has 6 heteroatoms. The zero-order valence-corrected chi connectivity index (χ0v) is 17.1. The highest BCUT2D eigenvalue weighted by atomic mass is 16.5. The number of hydrogen-bond acceptors (Lipinski definition) is 4. The van der Waals surface area contributed by atoms with E-state index in [0.717, 1.165) is 57.6 Å². The lowest BCUT2D eigenvalue weighted by atomic mass is 9.96. The molecule has 2 saturated heterocycles. The number of likely N-dealkylation sites (tertiary alicyclic amines) is 1. The highest BCUT2D eigenvalue weighted by molar-refractivity contribution is 5.80. The molecule has 0 amide bonds. The molecule has 1 saturated carbocycles. The van der Waals surface area contributed by atoms with Crippen LogP contribution >= 0.6 is 0 Å². The third kappa shape index (κ3) is 4.78. The number of nitrogens with one attached hydrogen (secondary N) is 1. The molecule has 2 heterocycles. The van der Waals surface area contributed by atoms with Gasteiger partial charge in [-0.3, -0.25) is 4.90 Å². The molecule has 1 aromatic carbocycles. The van der Waals surface area contributed by atoms with Gasteiger partial charge in [0.25, 0.3) is 0 Å². The predicted octanol–water partition coefficient (Wildman–Crippen LogP) is 2.49. The minimum atomic E-state index is 0.395. The molecule has 1 aliphatic carbocycles. The van der Waals surface area contributed by atoms with Crippen LogP contribution < -0.4 is 10.1 Å². The molecule has 28 heavy (non-hydrogen) atoms. The maximum atomic E-state index is 6.17. The summed E-state index contributed by atoms with van der Waals surface area (Å²) in [7, 11) is 0. The molecule has 0 radical (unpaired) electrons. The van der Waals surface area contributed by atoms with Gasteiger partial charge in [-0.1, -0.05) is 18.2 Å². The van der Waals surface area contributed by atoms with Crippen molar-refractivity contribution in [2.45, 2.75) is 51.3 Å². The Morgan fingerprint density at radius 2 is 2.00 bits per heavy atom. The van der Waals surface area contributed by atoms with Crippen molar-refractivity contribution in [2.75, 3.05) is 45.9 Å². The van der Waals surface area contributed by atoms with Gasteiger partial charge >= 0.3 is 0 Å². The normalized spacial score (nSPS) is 24.2. The van der Waals surface area contributed by atoms with E-state index in [1.54, 1.807) is 0 Å². The molecule has 1 aromatic rings. The molecule has 154 valence electrons. The second-order valence-corrected chi connectivity index (χ2v) is 7.99. The lowest BCUT2D eigenvalue weighted by Gasteiger charge is -2.32. The van der Waals surface area contributed by atoms with Crippen LogP contribution in [0.4, 0.5) is 0 Å². The summed E-state index contributed by atoms with van der Waals surface area (Å²) in [4.78, 5) is 9.96. The van der Waals surface area contributed by atoms with Gasteiger partial charge in [-0.15, -0.1) is 0 Å². The van der Waals surface area contributed by atoms with E-state index in [-0.39, 0.29) is 0 Å². The fourth-order valence-corrected chi connectivity index (χ4v) is 4.18. The lowest BCUT2D eigenvalue weighted by Crippen LogP contribution is -2.46. The van der Waals surface area contributed by atoms with Crippen molar-refractivity contribution in [3.63, 3.8) is 0 Å². The van der Waals surface area contributed by atoms with Crippen LogP contribution in [-0.2, 0) is 11.3 Å². The van der Waals surface area contributed by atoms with E-state index >= 15 is 0 Å². The Balaban J connectivity index is 1.39. The van der Waals surface area contributed by atoms with Crippen LogP contribution in [0.3, 0.4) is 0 Å². The average molecular weight is 387 g/mol. The molecular formula is C22H34N4O2. The van der Waals surface area contributed by atoms with E-state index in [2.05, 4.69) is 46.3 Å². The van der Waals surface area contributed by atoms with Crippen molar-refractivity contribution in [2.24, 2.45) is 4.99 Å². The fourth-order valence-electron chi connectivity index (χ4n) is 4.18. The van der Waals surface area contributed by atoms with Crippen molar-refractivity contribution in [3.8, 4) is 5.75 Å². The van der Waals surface area contributed by atoms with Gasteiger partial charge in [0, 0.05) is 44.3 Å². The molecule has 3 fully saturated rings. The number of aliphatic imine (C=N–C) groups is 1. The maximum Gasteiger partial charge on any atom is 0.194 e. The summed E-state index contributed by atoms with van der Waals surface area (Å²) in [6.07, 6.45) is 5.24. The third-order valence-electron chi connectivity index (χ3n) is 6.08. The number of benzene rings is 1. The number of ether oxygens (including phenoxy) is 2. The molecular weight excluding hydrogens is 352 g/mol. The monoisotopic (exact) mass is 386 g/mol. The molecule has 6 nitrogen and oxygen atoms in total. The zero-order chi connectivity index (χ0) is 19.2. The Labute approximate surface area is 168 Å². The highest BCUT2D eigenvalue weighted by Crippen LogP contribution is 2.28.